The highest BCUT2D eigenvalue weighted by molar-refractivity contribution is 6.30. The minimum atomic E-state index is -0.829. The molecule has 0 aromatic heterocycles. The fraction of sp³-hybridized carbons (Fsp3) is 0.172. The molecule has 168 valence electrons. The highest BCUT2D eigenvalue weighted by Gasteiger charge is 2.18. The summed E-state index contributed by atoms with van der Waals surface area (Å²) in [6, 6.07) is 26.8. The van der Waals surface area contributed by atoms with Crippen molar-refractivity contribution in [3.8, 4) is 0 Å². The normalized spacial score (nSPS) is 13.5. The monoisotopic (exact) mass is 461 g/mol. The first-order valence-corrected chi connectivity index (χ1v) is 11.5. The van der Waals surface area contributed by atoms with Gasteiger partial charge in [-0.1, -0.05) is 78.4 Å². The van der Waals surface area contributed by atoms with E-state index in [1.54, 1.807) is 6.07 Å². The molecule has 4 aromatic carbocycles. The van der Waals surface area contributed by atoms with E-state index in [9.17, 15) is 8.78 Å². The van der Waals surface area contributed by atoms with Crippen LogP contribution in [-0.2, 0) is 6.54 Å². The summed E-state index contributed by atoms with van der Waals surface area (Å²) in [5, 5.41) is 6.62. The summed E-state index contributed by atoms with van der Waals surface area (Å²) in [6.45, 7) is 2.57. The zero-order valence-corrected chi connectivity index (χ0v) is 19.2. The van der Waals surface area contributed by atoms with Crippen molar-refractivity contribution in [3.63, 3.8) is 0 Å². The smallest absolute Gasteiger partial charge is 0.159 e. The van der Waals surface area contributed by atoms with E-state index in [-0.39, 0.29) is 12.0 Å². The second-order valence-electron chi connectivity index (χ2n) is 8.32. The Kier molecular flexibility index (Phi) is 7.54. The summed E-state index contributed by atoms with van der Waals surface area (Å²) in [5.41, 5.74) is 3.04. The van der Waals surface area contributed by atoms with Gasteiger partial charge in [0.2, 0.25) is 0 Å². The van der Waals surface area contributed by atoms with Crippen LogP contribution in [0.2, 0.25) is 5.02 Å². The van der Waals surface area contributed by atoms with Crippen LogP contribution in [-0.4, -0.2) is 6.04 Å². The van der Waals surface area contributed by atoms with E-state index < -0.39 is 11.6 Å². The van der Waals surface area contributed by atoms with Gasteiger partial charge in [-0.25, -0.2) is 8.78 Å². The maximum atomic E-state index is 13.6. The third kappa shape index (κ3) is 6.07. The fourth-order valence-corrected chi connectivity index (χ4v) is 4.20. The lowest BCUT2D eigenvalue weighted by atomic mass is 9.89. The van der Waals surface area contributed by atoms with Crippen LogP contribution in [0.3, 0.4) is 0 Å². The molecule has 33 heavy (non-hydrogen) atoms. The van der Waals surface area contributed by atoms with E-state index in [0.717, 1.165) is 12.0 Å². The molecule has 0 radical (unpaired) electrons. The quantitative estimate of drug-likeness (QED) is 0.279. The van der Waals surface area contributed by atoms with E-state index in [2.05, 4.69) is 54.7 Å². The standard InChI is InChI=1S/C29H26ClF2N/c1-20(33-19-22-10-16-28(31)29(32)18-22)27(24-12-14-26(30)15-13-24)8-4-5-21-9-11-23-6-2-3-7-25(23)17-21/h2-7,9-18,20,27,33H,8,19H2,1H3. The maximum Gasteiger partial charge on any atom is 0.159 e. The third-order valence-corrected chi connectivity index (χ3v) is 6.24. The highest BCUT2D eigenvalue weighted by atomic mass is 35.5. The van der Waals surface area contributed by atoms with Crippen molar-refractivity contribution in [3.05, 3.63) is 124 Å². The average Bonchev–Trinajstić information content (AvgIpc) is 2.83. The predicted octanol–water partition coefficient (Wildman–Crippen LogP) is 8.14. The highest BCUT2D eigenvalue weighted by Crippen LogP contribution is 2.27. The fourth-order valence-electron chi connectivity index (χ4n) is 4.07. The van der Waals surface area contributed by atoms with Gasteiger partial charge in [-0.15, -0.1) is 0 Å². The van der Waals surface area contributed by atoms with Crippen LogP contribution in [0.5, 0.6) is 0 Å². The molecule has 0 saturated heterocycles. The van der Waals surface area contributed by atoms with Crippen molar-refractivity contribution >= 4 is 28.4 Å². The minimum Gasteiger partial charge on any atom is -0.310 e. The van der Waals surface area contributed by atoms with Gasteiger partial charge in [-0.2, -0.15) is 0 Å². The van der Waals surface area contributed by atoms with Crippen molar-refractivity contribution in [2.75, 3.05) is 0 Å². The van der Waals surface area contributed by atoms with Crippen molar-refractivity contribution in [1.82, 2.24) is 5.32 Å². The van der Waals surface area contributed by atoms with Crippen LogP contribution in [0.25, 0.3) is 16.8 Å². The molecule has 1 nitrogen and oxygen atoms in total. The molecule has 0 aliphatic heterocycles. The topological polar surface area (TPSA) is 12.0 Å². The maximum absolute atomic E-state index is 13.6. The Morgan fingerprint density at radius 3 is 2.36 bits per heavy atom. The van der Waals surface area contributed by atoms with Gasteiger partial charge < -0.3 is 5.32 Å². The number of allylic oxidation sites excluding steroid dienone is 1. The van der Waals surface area contributed by atoms with Crippen LogP contribution in [0.1, 0.15) is 36.0 Å². The first-order chi connectivity index (χ1) is 16.0. The number of hydrogen-bond acceptors (Lipinski definition) is 1. The molecule has 0 aliphatic rings. The molecular formula is C29H26ClF2N. The molecule has 0 amide bonds. The number of hydrogen-bond donors (Lipinski definition) is 1. The Bertz CT molecular complexity index is 1250. The molecule has 0 fully saturated rings. The third-order valence-electron chi connectivity index (χ3n) is 5.99. The van der Waals surface area contributed by atoms with Crippen LogP contribution >= 0.6 is 11.6 Å². The van der Waals surface area contributed by atoms with Crippen molar-refractivity contribution < 1.29 is 8.78 Å². The molecule has 4 aromatic rings. The minimum absolute atomic E-state index is 0.0977. The van der Waals surface area contributed by atoms with Gasteiger partial charge >= 0.3 is 0 Å². The van der Waals surface area contributed by atoms with Gasteiger partial charge in [0, 0.05) is 23.5 Å². The molecule has 4 heteroatoms. The van der Waals surface area contributed by atoms with Crippen molar-refractivity contribution in [1.29, 1.82) is 0 Å². The van der Waals surface area contributed by atoms with E-state index in [0.29, 0.717) is 17.1 Å². The van der Waals surface area contributed by atoms with Gasteiger partial charge in [0.15, 0.2) is 11.6 Å². The molecule has 0 heterocycles. The summed E-state index contributed by atoms with van der Waals surface area (Å²) >= 11 is 6.10. The SMILES string of the molecule is CC(NCc1ccc(F)c(F)c1)C(CC=Cc1ccc2ccccc2c1)c1ccc(Cl)cc1. The van der Waals surface area contributed by atoms with E-state index in [1.807, 2.05) is 36.4 Å². The lowest BCUT2D eigenvalue weighted by Gasteiger charge is -2.25. The van der Waals surface area contributed by atoms with Gasteiger partial charge in [0.05, 0.1) is 0 Å². The molecule has 2 atom stereocenters. The zero-order chi connectivity index (χ0) is 23.2. The lowest BCUT2D eigenvalue weighted by Crippen LogP contribution is -2.31. The van der Waals surface area contributed by atoms with Crippen LogP contribution in [0.4, 0.5) is 8.78 Å². The van der Waals surface area contributed by atoms with Crippen LogP contribution in [0.15, 0.2) is 91.0 Å². The number of rotatable bonds is 8. The van der Waals surface area contributed by atoms with Crippen molar-refractivity contribution in [2.45, 2.75) is 31.8 Å². The first-order valence-electron chi connectivity index (χ1n) is 11.1. The molecule has 1 N–H and O–H groups in total. The Morgan fingerprint density at radius 1 is 0.848 bits per heavy atom. The molecule has 0 saturated carbocycles. The first kappa shape index (κ1) is 23.2. The molecule has 4 rings (SSSR count). The predicted molar refractivity (Wildman–Crippen MR) is 134 cm³/mol. The molecular weight excluding hydrogens is 436 g/mol. The van der Waals surface area contributed by atoms with Crippen LogP contribution in [0, 0.1) is 11.6 Å². The van der Waals surface area contributed by atoms with E-state index in [4.69, 9.17) is 11.6 Å². The molecule has 0 spiro atoms. The summed E-state index contributed by atoms with van der Waals surface area (Å²) in [4.78, 5) is 0. The Labute approximate surface area is 198 Å². The van der Waals surface area contributed by atoms with Gasteiger partial charge in [-0.3, -0.25) is 0 Å². The summed E-state index contributed by atoms with van der Waals surface area (Å²) in [6.07, 6.45) is 5.16. The van der Waals surface area contributed by atoms with Gasteiger partial charge in [-0.05, 0) is 71.1 Å². The van der Waals surface area contributed by atoms with Crippen molar-refractivity contribution in [2.24, 2.45) is 0 Å². The average molecular weight is 462 g/mol. The number of fused-ring (bicyclic) bond motifs is 1. The Hall–Kier alpha value is -3.01. The molecule has 0 aliphatic carbocycles. The van der Waals surface area contributed by atoms with Gasteiger partial charge in [0.25, 0.3) is 0 Å². The van der Waals surface area contributed by atoms with E-state index in [1.165, 1.54) is 28.5 Å². The Balaban J connectivity index is 1.49. The summed E-state index contributed by atoms with van der Waals surface area (Å²) in [7, 11) is 0. The lowest BCUT2D eigenvalue weighted by molar-refractivity contribution is 0.457. The molecule has 2 unspecified atom stereocenters. The van der Waals surface area contributed by atoms with Crippen LogP contribution < -0.4 is 5.32 Å². The zero-order valence-electron chi connectivity index (χ0n) is 18.4. The second-order valence-corrected chi connectivity index (χ2v) is 8.76. The number of benzene rings is 4. The summed E-state index contributed by atoms with van der Waals surface area (Å²) in [5.74, 6) is -1.47. The number of nitrogens with one attached hydrogen (secondary N) is 1. The Morgan fingerprint density at radius 2 is 1.61 bits per heavy atom. The largest absolute Gasteiger partial charge is 0.310 e. The number of halogens is 3. The second kappa shape index (κ2) is 10.7. The van der Waals surface area contributed by atoms with E-state index >= 15 is 0 Å². The summed E-state index contributed by atoms with van der Waals surface area (Å²) < 4.78 is 26.8. The molecule has 0 bridgehead atoms. The van der Waals surface area contributed by atoms with Gasteiger partial charge in [0.1, 0.15) is 0 Å².